The van der Waals surface area contributed by atoms with Gasteiger partial charge in [-0.25, -0.2) is 17.7 Å². The van der Waals surface area contributed by atoms with Crippen LogP contribution in [0.25, 0.3) is 0 Å². The molecule has 0 radical (unpaired) electrons. The number of rotatable bonds is 2. The van der Waals surface area contributed by atoms with E-state index in [0.717, 1.165) is 0 Å². The minimum Gasteiger partial charge on any atom is -0.487 e. The summed E-state index contributed by atoms with van der Waals surface area (Å²) in [7, 11) is -1.72. The van der Waals surface area contributed by atoms with Crippen LogP contribution in [-0.4, -0.2) is 21.7 Å². The van der Waals surface area contributed by atoms with Gasteiger partial charge in [-0.15, -0.1) is 0 Å². The van der Waals surface area contributed by atoms with Gasteiger partial charge in [-0.3, -0.25) is 0 Å². The molecular formula is C14H15BrF2N2O2S. The summed E-state index contributed by atoms with van der Waals surface area (Å²) in [6, 6.07) is 4.59. The molecule has 0 aliphatic carbocycles. The predicted molar refractivity (Wildman–Crippen MR) is 82.8 cm³/mol. The number of nitrogens with one attached hydrogen (secondary N) is 1. The first-order valence-corrected chi connectivity index (χ1v) is 8.44. The van der Waals surface area contributed by atoms with Crippen molar-refractivity contribution in [3.05, 3.63) is 28.0 Å². The van der Waals surface area contributed by atoms with Gasteiger partial charge in [0.1, 0.15) is 6.61 Å². The third-order valence-electron chi connectivity index (χ3n) is 3.30. The van der Waals surface area contributed by atoms with Gasteiger partial charge in [-0.1, -0.05) is 6.07 Å². The van der Waals surface area contributed by atoms with Crippen molar-refractivity contribution in [2.45, 2.75) is 37.2 Å². The van der Waals surface area contributed by atoms with Gasteiger partial charge in [0.05, 0.1) is 26.3 Å². The summed E-state index contributed by atoms with van der Waals surface area (Å²) in [5.41, 5.74) is -1.92. The Hall–Kier alpha value is -1.04. The molecule has 0 saturated heterocycles. The van der Waals surface area contributed by atoms with Crippen molar-refractivity contribution in [2.24, 2.45) is 0 Å². The summed E-state index contributed by atoms with van der Waals surface area (Å²) >= 11 is 3.02. The van der Waals surface area contributed by atoms with Crippen LogP contribution < -0.4 is 9.46 Å². The second-order valence-electron chi connectivity index (χ2n) is 5.92. The third-order valence-corrected chi connectivity index (χ3v) is 5.54. The summed E-state index contributed by atoms with van der Waals surface area (Å²) < 4.78 is 48.1. The first-order chi connectivity index (χ1) is 10.1. The van der Waals surface area contributed by atoms with E-state index in [2.05, 4.69) is 20.7 Å². The summed E-state index contributed by atoms with van der Waals surface area (Å²) in [5, 5.41) is 9.56. The fourth-order valence-corrected chi connectivity index (χ4v) is 3.20. The standard InChI is InChI=1S/C14H15BrF2N2O2S/c1-13(2,3)22(20)19-14(7-18)8-4-5-9(15)11(17)12(8)21-6-10(14)16/h4-5,10,19H,6H2,1-3H3/t10-,14+,22?/m0/s1. The molecule has 1 heterocycles. The fraction of sp³-hybridized carbons (Fsp3) is 0.500. The lowest BCUT2D eigenvalue weighted by Crippen LogP contribution is -2.56. The van der Waals surface area contributed by atoms with Crippen molar-refractivity contribution in [3.63, 3.8) is 0 Å². The van der Waals surface area contributed by atoms with Crippen LogP contribution in [0.2, 0.25) is 0 Å². The van der Waals surface area contributed by atoms with Crippen molar-refractivity contribution >= 4 is 26.9 Å². The van der Waals surface area contributed by atoms with Crippen molar-refractivity contribution in [2.75, 3.05) is 6.61 Å². The Morgan fingerprint density at radius 1 is 1.55 bits per heavy atom. The fourth-order valence-electron chi connectivity index (χ4n) is 2.01. The molecule has 0 fully saturated rings. The first-order valence-electron chi connectivity index (χ1n) is 6.50. The molecule has 1 aliphatic heterocycles. The van der Waals surface area contributed by atoms with Crippen LogP contribution in [0.4, 0.5) is 8.78 Å². The topological polar surface area (TPSA) is 62.1 Å². The third kappa shape index (κ3) is 2.77. The Kier molecular flexibility index (Phi) is 4.62. The molecule has 0 saturated carbocycles. The van der Waals surface area contributed by atoms with Crippen LogP contribution in [0.15, 0.2) is 16.6 Å². The maximum absolute atomic E-state index is 14.5. The second kappa shape index (κ2) is 5.87. The number of hydrogen-bond donors (Lipinski definition) is 1. The van der Waals surface area contributed by atoms with Crippen molar-refractivity contribution < 1.29 is 17.7 Å². The normalized spacial score (nSPS) is 25.8. The van der Waals surface area contributed by atoms with Crippen LogP contribution in [0.3, 0.4) is 0 Å². The van der Waals surface area contributed by atoms with Gasteiger partial charge in [0.2, 0.25) is 0 Å². The van der Waals surface area contributed by atoms with Crippen LogP contribution in [-0.2, 0) is 16.5 Å². The lowest BCUT2D eigenvalue weighted by Gasteiger charge is -2.37. The van der Waals surface area contributed by atoms with E-state index < -0.39 is 39.9 Å². The molecule has 0 bridgehead atoms. The Balaban J connectivity index is 2.60. The molecule has 22 heavy (non-hydrogen) atoms. The predicted octanol–water partition coefficient (Wildman–Crippen LogP) is 3.09. The molecule has 0 amide bonds. The Bertz CT molecular complexity index is 672. The lowest BCUT2D eigenvalue weighted by molar-refractivity contribution is 0.105. The molecule has 4 nitrogen and oxygen atoms in total. The molecule has 1 aromatic rings. The summed E-state index contributed by atoms with van der Waals surface area (Å²) in [5.74, 6) is -0.921. The molecule has 1 unspecified atom stereocenters. The molecule has 0 spiro atoms. The van der Waals surface area contributed by atoms with E-state index in [0.29, 0.717) is 0 Å². The molecule has 2 rings (SSSR count). The van der Waals surface area contributed by atoms with E-state index in [9.17, 15) is 18.3 Å². The van der Waals surface area contributed by atoms with Crippen LogP contribution in [0, 0.1) is 17.1 Å². The van der Waals surface area contributed by atoms with E-state index >= 15 is 0 Å². The molecule has 3 atom stereocenters. The summed E-state index contributed by atoms with van der Waals surface area (Å²) in [6.45, 7) is 4.58. The minimum atomic E-state index is -1.92. The monoisotopic (exact) mass is 392 g/mol. The van der Waals surface area contributed by atoms with Gasteiger partial charge < -0.3 is 4.74 Å². The van der Waals surface area contributed by atoms with Crippen LogP contribution in [0.5, 0.6) is 5.75 Å². The Morgan fingerprint density at radius 3 is 2.73 bits per heavy atom. The van der Waals surface area contributed by atoms with E-state index in [-0.39, 0.29) is 15.8 Å². The molecule has 8 heteroatoms. The molecule has 1 N–H and O–H groups in total. The highest BCUT2D eigenvalue weighted by molar-refractivity contribution is 9.10. The van der Waals surface area contributed by atoms with Gasteiger partial charge in [-0.2, -0.15) is 5.26 Å². The number of hydrogen-bond acceptors (Lipinski definition) is 3. The van der Waals surface area contributed by atoms with Crippen molar-refractivity contribution in [1.29, 1.82) is 5.26 Å². The SMILES string of the molecule is CC(C)(C)S(=O)N[C@]1(C#N)c2ccc(Br)c(F)c2OC[C@@H]1F. The van der Waals surface area contributed by atoms with Gasteiger partial charge in [0.25, 0.3) is 0 Å². The Labute approximate surface area is 138 Å². The van der Waals surface area contributed by atoms with Crippen LogP contribution in [0.1, 0.15) is 26.3 Å². The van der Waals surface area contributed by atoms with Crippen molar-refractivity contribution in [3.8, 4) is 11.8 Å². The van der Waals surface area contributed by atoms with E-state index in [1.807, 2.05) is 6.07 Å². The lowest BCUT2D eigenvalue weighted by atomic mass is 9.85. The summed E-state index contributed by atoms with van der Waals surface area (Å²) in [6.07, 6.45) is -1.78. The Morgan fingerprint density at radius 2 is 2.18 bits per heavy atom. The van der Waals surface area contributed by atoms with Gasteiger partial charge in [-0.05, 0) is 42.8 Å². The number of nitrogens with zero attached hydrogens (tertiary/aromatic N) is 1. The first kappa shape index (κ1) is 17.3. The maximum Gasteiger partial charge on any atom is 0.181 e. The smallest absolute Gasteiger partial charge is 0.181 e. The maximum atomic E-state index is 14.5. The number of fused-ring (bicyclic) bond motifs is 1. The largest absolute Gasteiger partial charge is 0.487 e. The highest BCUT2D eigenvalue weighted by Gasteiger charge is 2.50. The zero-order valence-corrected chi connectivity index (χ0v) is 14.6. The summed E-state index contributed by atoms with van der Waals surface area (Å²) in [4.78, 5) is 0. The second-order valence-corrected chi connectivity index (χ2v) is 8.74. The number of ether oxygens (including phenoxy) is 1. The molecule has 1 aliphatic rings. The highest BCUT2D eigenvalue weighted by Crippen LogP contribution is 2.42. The number of halogens is 3. The zero-order valence-electron chi connectivity index (χ0n) is 12.2. The van der Waals surface area contributed by atoms with E-state index in [1.165, 1.54) is 12.1 Å². The van der Waals surface area contributed by atoms with E-state index in [1.54, 1.807) is 20.8 Å². The number of nitriles is 1. The van der Waals surface area contributed by atoms with Crippen LogP contribution >= 0.6 is 15.9 Å². The zero-order chi connectivity index (χ0) is 16.7. The highest BCUT2D eigenvalue weighted by atomic mass is 79.9. The van der Waals surface area contributed by atoms with Gasteiger partial charge in [0.15, 0.2) is 23.3 Å². The molecule has 120 valence electrons. The van der Waals surface area contributed by atoms with E-state index in [4.69, 9.17) is 4.74 Å². The van der Waals surface area contributed by atoms with Gasteiger partial charge >= 0.3 is 0 Å². The molecule has 1 aromatic carbocycles. The van der Waals surface area contributed by atoms with Gasteiger partial charge in [0, 0.05) is 5.56 Å². The average Bonchev–Trinajstić information content (AvgIpc) is 2.44. The molecule has 0 aromatic heterocycles. The quantitative estimate of drug-likeness (QED) is 0.840. The average molecular weight is 393 g/mol. The minimum absolute atomic E-state index is 0.00653. The molecular weight excluding hydrogens is 378 g/mol. The number of benzene rings is 1. The number of alkyl halides is 1. The van der Waals surface area contributed by atoms with Crippen molar-refractivity contribution in [1.82, 2.24) is 4.72 Å².